The quantitative estimate of drug-likeness (QED) is 0.550. The van der Waals surface area contributed by atoms with Crippen molar-refractivity contribution in [2.45, 2.75) is 20.4 Å². The maximum Gasteiger partial charge on any atom is 0.342 e. The van der Waals surface area contributed by atoms with Gasteiger partial charge in [0.25, 0.3) is 5.56 Å². The normalized spacial score (nSPS) is 10.8. The van der Waals surface area contributed by atoms with Crippen LogP contribution in [0.1, 0.15) is 34.6 Å². The molecule has 0 aliphatic rings. The van der Waals surface area contributed by atoms with Gasteiger partial charge in [-0.05, 0) is 18.1 Å². The molecule has 0 fully saturated rings. The highest BCUT2D eigenvalue weighted by Crippen LogP contribution is 2.18. The third-order valence-electron chi connectivity index (χ3n) is 4.07. The zero-order valence-electron chi connectivity index (χ0n) is 16.2. The van der Waals surface area contributed by atoms with Crippen molar-refractivity contribution in [2.75, 3.05) is 19.5 Å². The van der Waals surface area contributed by atoms with E-state index in [2.05, 4.69) is 0 Å². The van der Waals surface area contributed by atoms with Crippen molar-refractivity contribution in [1.29, 1.82) is 0 Å². The first-order valence-electron chi connectivity index (χ1n) is 8.61. The van der Waals surface area contributed by atoms with Crippen molar-refractivity contribution in [3.8, 4) is 5.75 Å². The number of ether oxygens (including phenoxy) is 2. The molecule has 0 atom stereocenters. The number of para-hydroxylation sites is 1. The van der Waals surface area contributed by atoms with Gasteiger partial charge in [-0.2, -0.15) is 0 Å². The lowest BCUT2D eigenvalue weighted by atomic mass is 10.1. The molecule has 9 heteroatoms. The van der Waals surface area contributed by atoms with Gasteiger partial charge in [-0.3, -0.25) is 18.7 Å². The summed E-state index contributed by atoms with van der Waals surface area (Å²) in [5, 5.41) is 0. The average molecular weight is 389 g/mol. The number of carbonyl (C=O) groups is 2. The SMILES string of the molecule is COc1ccccc1C(=O)OCC(=O)c1c(N)n(CC(C)C)c(=O)n(C)c1=O. The molecule has 0 unspecified atom stereocenters. The van der Waals surface area contributed by atoms with E-state index in [4.69, 9.17) is 15.2 Å². The molecule has 2 aromatic rings. The lowest BCUT2D eigenvalue weighted by Crippen LogP contribution is -2.43. The minimum Gasteiger partial charge on any atom is -0.496 e. The van der Waals surface area contributed by atoms with Gasteiger partial charge in [0.2, 0.25) is 5.78 Å². The number of ketones is 1. The summed E-state index contributed by atoms with van der Waals surface area (Å²) in [6.45, 7) is 3.28. The van der Waals surface area contributed by atoms with Gasteiger partial charge in [0, 0.05) is 13.6 Å². The predicted octanol–water partition coefficient (Wildman–Crippen LogP) is 0.833. The van der Waals surface area contributed by atoms with E-state index in [0.29, 0.717) is 5.75 Å². The zero-order chi connectivity index (χ0) is 21.0. The van der Waals surface area contributed by atoms with E-state index in [1.54, 1.807) is 18.2 Å². The summed E-state index contributed by atoms with van der Waals surface area (Å²) in [6.07, 6.45) is 0. The van der Waals surface area contributed by atoms with Gasteiger partial charge < -0.3 is 15.2 Å². The molecular weight excluding hydrogens is 366 g/mol. The van der Waals surface area contributed by atoms with Crippen LogP contribution in [-0.2, 0) is 18.3 Å². The van der Waals surface area contributed by atoms with E-state index < -0.39 is 29.6 Å². The van der Waals surface area contributed by atoms with E-state index in [1.807, 2.05) is 13.8 Å². The lowest BCUT2D eigenvalue weighted by molar-refractivity contribution is 0.0471. The fourth-order valence-electron chi connectivity index (χ4n) is 2.68. The van der Waals surface area contributed by atoms with Crippen LogP contribution in [0.3, 0.4) is 0 Å². The van der Waals surface area contributed by atoms with Gasteiger partial charge in [-0.25, -0.2) is 9.59 Å². The molecule has 0 bridgehead atoms. The number of benzene rings is 1. The second-order valence-corrected chi connectivity index (χ2v) is 6.61. The van der Waals surface area contributed by atoms with Crippen molar-refractivity contribution in [1.82, 2.24) is 9.13 Å². The first-order valence-corrected chi connectivity index (χ1v) is 8.61. The van der Waals surface area contributed by atoms with Crippen molar-refractivity contribution in [2.24, 2.45) is 13.0 Å². The molecule has 0 spiro atoms. The standard InChI is InChI=1S/C19H23N3O6/c1-11(2)9-22-16(20)15(17(24)21(3)19(22)26)13(23)10-28-18(25)12-7-5-6-8-14(12)27-4/h5-8,11H,9-10,20H2,1-4H3. The monoisotopic (exact) mass is 389 g/mol. The Labute approximate surface area is 161 Å². The van der Waals surface area contributed by atoms with E-state index in [9.17, 15) is 19.2 Å². The molecule has 1 heterocycles. The number of Topliss-reactive ketones (excluding diaryl/α,β-unsaturated/α-hetero) is 1. The van der Waals surface area contributed by atoms with Crippen LogP contribution in [0.2, 0.25) is 0 Å². The molecular formula is C19H23N3O6. The Balaban J connectivity index is 2.32. The summed E-state index contributed by atoms with van der Waals surface area (Å²) in [7, 11) is 2.66. The highest BCUT2D eigenvalue weighted by molar-refractivity contribution is 6.02. The third kappa shape index (κ3) is 4.13. The van der Waals surface area contributed by atoms with Gasteiger partial charge in [0.15, 0.2) is 6.61 Å². The molecule has 9 nitrogen and oxygen atoms in total. The largest absolute Gasteiger partial charge is 0.496 e. The number of nitrogens with zero attached hydrogens (tertiary/aromatic N) is 2. The molecule has 0 saturated carbocycles. The number of nitrogens with two attached hydrogens (primary N) is 1. The Kier molecular flexibility index (Phi) is 6.40. The van der Waals surface area contributed by atoms with Crippen molar-refractivity contribution < 1.29 is 19.1 Å². The lowest BCUT2D eigenvalue weighted by Gasteiger charge is -2.16. The number of anilines is 1. The number of methoxy groups -OCH3 is 1. The molecule has 0 aliphatic carbocycles. The molecule has 2 N–H and O–H groups in total. The molecule has 1 aromatic carbocycles. The van der Waals surface area contributed by atoms with Crippen LogP contribution in [-0.4, -0.2) is 34.6 Å². The second-order valence-electron chi connectivity index (χ2n) is 6.61. The fourth-order valence-corrected chi connectivity index (χ4v) is 2.68. The van der Waals surface area contributed by atoms with Crippen molar-refractivity contribution in [3.05, 3.63) is 56.2 Å². The molecule has 28 heavy (non-hydrogen) atoms. The van der Waals surface area contributed by atoms with Crippen LogP contribution in [0, 0.1) is 5.92 Å². The number of rotatable bonds is 7. The predicted molar refractivity (Wildman–Crippen MR) is 103 cm³/mol. The Bertz CT molecular complexity index is 1020. The number of carbonyl (C=O) groups excluding carboxylic acids is 2. The Morgan fingerprint density at radius 2 is 1.82 bits per heavy atom. The van der Waals surface area contributed by atoms with Gasteiger partial charge in [0.05, 0.1) is 7.11 Å². The minimum atomic E-state index is -0.833. The summed E-state index contributed by atoms with van der Waals surface area (Å²) in [4.78, 5) is 49.5. The Morgan fingerprint density at radius 1 is 1.18 bits per heavy atom. The van der Waals surface area contributed by atoms with E-state index in [0.717, 1.165) is 4.57 Å². The average Bonchev–Trinajstić information content (AvgIpc) is 2.67. The second kappa shape index (κ2) is 8.55. The highest BCUT2D eigenvalue weighted by Gasteiger charge is 2.23. The summed E-state index contributed by atoms with van der Waals surface area (Å²) in [5.74, 6) is -1.46. The van der Waals surface area contributed by atoms with Gasteiger partial charge in [-0.1, -0.05) is 26.0 Å². The fraction of sp³-hybridized carbons (Fsp3) is 0.368. The van der Waals surface area contributed by atoms with Gasteiger partial charge in [-0.15, -0.1) is 0 Å². The van der Waals surface area contributed by atoms with Crippen LogP contribution in [0.4, 0.5) is 5.82 Å². The molecule has 150 valence electrons. The summed E-state index contributed by atoms with van der Waals surface area (Å²) >= 11 is 0. The number of esters is 1. The first kappa shape index (κ1) is 20.9. The Morgan fingerprint density at radius 3 is 2.43 bits per heavy atom. The topological polar surface area (TPSA) is 123 Å². The zero-order valence-corrected chi connectivity index (χ0v) is 16.2. The highest BCUT2D eigenvalue weighted by atomic mass is 16.5. The van der Waals surface area contributed by atoms with Crippen LogP contribution in [0.25, 0.3) is 0 Å². The number of nitrogen functional groups attached to an aromatic ring is 1. The molecule has 0 saturated heterocycles. The summed E-state index contributed by atoms with van der Waals surface area (Å²) in [5.41, 5.74) is 4.25. The van der Waals surface area contributed by atoms with Crippen LogP contribution in [0.15, 0.2) is 33.9 Å². The summed E-state index contributed by atoms with van der Waals surface area (Å²) in [6, 6.07) is 6.37. The van der Waals surface area contributed by atoms with Gasteiger partial charge in [0.1, 0.15) is 22.7 Å². The molecule has 2 rings (SSSR count). The van der Waals surface area contributed by atoms with Crippen LogP contribution < -0.4 is 21.7 Å². The number of hydrogen-bond donors (Lipinski definition) is 1. The van der Waals surface area contributed by atoms with Crippen LogP contribution >= 0.6 is 0 Å². The van der Waals surface area contributed by atoms with Crippen molar-refractivity contribution >= 4 is 17.6 Å². The maximum atomic E-state index is 12.6. The molecule has 0 aliphatic heterocycles. The maximum absolute atomic E-state index is 12.6. The smallest absolute Gasteiger partial charge is 0.342 e. The first-order chi connectivity index (χ1) is 13.2. The molecule has 0 amide bonds. The van der Waals surface area contributed by atoms with E-state index in [-0.39, 0.29) is 29.4 Å². The van der Waals surface area contributed by atoms with Gasteiger partial charge >= 0.3 is 11.7 Å². The number of hydrogen-bond acceptors (Lipinski definition) is 7. The third-order valence-corrected chi connectivity index (χ3v) is 4.07. The molecule has 0 radical (unpaired) electrons. The van der Waals surface area contributed by atoms with E-state index in [1.165, 1.54) is 24.8 Å². The number of aromatic nitrogens is 2. The van der Waals surface area contributed by atoms with E-state index >= 15 is 0 Å². The van der Waals surface area contributed by atoms with Crippen LogP contribution in [0.5, 0.6) is 5.75 Å². The molecule has 1 aromatic heterocycles. The Hall–Kier alpha value is -3.36. The van der Waals surface area contributed by atoms with Crippen molar-refractivity contribution in [3.63, 3.8) is 0 Å². The minimum absolute atomic E-state index is 0.0591. The summed E-state index contributed by atoms with van der Waals surface area (Å²) < 4.78 is 12.1.